The van der Waals surface area contributed by atoms with Crippen LogP contribution in [0.2, 0.25) is 4.89 Å². The first-order chi connectivity index (χ1) is 7.45. The van der Waals surface area contributed by atoms with Crippen LogP contribution in [0.1, 0.15) is 5.56 Å². The van der Waals surface area contributed by atoms with E-state index in [0.29, 0.717) is 17.5 Å². The molecule has 0 fully saturated rings. The van der Waals surface area contributed by atoms with Gasteiger partial charge < -0.3 is 0 Å². The van der Waals surface area contributed by atoms with E-state index in [4.69, 9.17) is 0 Å². The van der Waals surface area contributed by atoms with Gasteiger partial charge in [-0.3, -0.25) is 0 Å². The SMILES string of the molecule is C1=C[C](=[Pd][CH2]C=Cc2ccccc2)C=C1. The minimum absolute atomic E-state index is 0.701. The van der Waals surface area contributed by atoms with Crippen molar-refractivity contribution in [3.05, 3.63) is 66.3 Å². The molecule has 0 saturated heterocycles. The molecular formula is C14H13Pd. The second-order valence-corrected chi connectivity index (χ2v) is 5.20. The summed E-state index contributed by atoms with van der Waals surface area (Å²) >= 11 is 0.701. The maximum absolute atomic E-state index is 2.26. The molecule has 0 N–H and O–H groups in total. The van der Waals surface area contributed by atoms with E-state index in [1.807, 2.05) is 6.07 Å². The van der Waals surface area contributed by atoms with Gasteiger partial charge in [-0.15, -0.1) is 0 Å². The summed E-state index contributed by atoms with van der Waals surface area (Å²) in [5, 5.41) is 0. The zero-order valence-corrected chi connectivity index (χ0v) is 9.93. The van der Waals surface area contributed by atoms with Gasteiger partial charge in [-0.1, -0.05) is 0 Å². The summed E-state index contributed by atoms with van der Waals surface area (Å²) in [5.41, 5.74) is 1.29. The summed E-state index contributed by atoms with van der Waals surface area (Å²) in [6, 6.07) is 10.4. The number of benzene rings is 1. The Morgan fingerprint density at radius 3 is 2.47 bits per heavy atom. The standard InChI is InChI=1S/C9H9.C5H4.Pd/c1-2-6-9-7-4-3-5-8-9;1-2-4-5-3-1;/h2-8H,1H2;1-4H;. The molecule has 79 valence electrons. The van der Waals surface area contributed by atoms with Crippen LogP contribution < -0.4 is 0 Å². The molecule has 0 saturated carbocycles. The molecule has 0 bridgehead atoms. The molecule has 0 aliphatic heterocycles. The quantitative estimate of drug-likeness (QED) is 0.747. The molecule has 1 aromatic carbocycles. The molecule has 1 aromatic rings. The second-order valence-electron chi connectivity index (χ2n) is 3.12. The van der Waals surface area contributed by atoms with Crippen molar-refractivity contribution in [3.8, 4) is 0 Å². The van der Waals surface area contributed by atoms with Crippen molar-refractivity contribution >= 4 is 10.1 Å². The van der Waals surface area contributed by atoms with Crippen molar-refractivity contribution in [1.29, 1.82) is 0 Å². The number of hydrogen-bond donors (Lipinski definition) is 0. The predicted molar refractivity (Wildman–Crippen MR) is 63.6 cm³/mol. The molecule has 1 heteroatoms. The molecule has 2 rings (SSSR count). The fourth-order valence-corrected chi connectivity index (χ4v) is 2.66. The first-order valence-corrected chi connectivity index (χ1v) is 6.78. The normalized spacial score (nSPS) is 14.5. The summed E-state index contributed by atoms with van der Waals surface area (Å²) in [6.45, 7) is 0. The van der Waals surface area contributed by atoms with Crippen LogP contribution in [-0.2, 0) is 17.5 Å². The Morgan fingerprint density at radius 1 is 1.00 bits per heavy atom. The van der Waals surface area contributed by atoms with E-state index >= 15 is 0 Å². The Balaban J connectivity index is 1.88. The molecule has 0 atom stereocenters. The summed E-state index contributed by atoms with van der Waals surface area (Å²) in [5.74, 6) is 0. The Bertz CT molecular complexity index is 408. The Kier molecular flexibility index (Phi) is 4.03. The van der Waals surface area contributed by atoms with Crippen LogP contribution in [0.5, 0.6) is 0 Å². The molecular weight excluding hydrogens is 275 g/mol. The molecule has 15 heavy (non-hydrogen) atoms. The summed E-state index contributed by atoms with van der Waals surface area (Å²) in [4.78, 5) is 1.16. The van der Waals surface area contributed by atoms with Crippen molar-refractivity contribution in [3.63, 3.8) is 0 Å². The Morgan fingerprint density at radius 2 is 1.73 bits per heavy atom. The average molecular weight is 288 g/mol. The van der Waals surface area contributed by atoms with E-state index in [2.05, 4.69) is 60.7 Å². The van der Waals surface area contributed by atoms with Gasteiger partial charge in [0.15, 0.2) is 0 Å². The van der Waals surface area contributed by atoms with E-state index in [1.54, 1.807) is 0 Å². The molecule has 0 unspecified atom stereocenters. The number of allylic oxidation sites excluding steroid dienone is 5. The fourth-order valence-electron chi connectivity index (χ4n) is 1.26. The van der Waals surface area contributed by atoms with Crippen LogP contribution in [0.4, 0.5) is 0 Å². The number of rotatable bonds is 3. The van der Waals surface area contributed by atoms with Crippen LogP contribution >= 0.6 is 0 Å². The monoisotopic (exact) mass is 287 g/mol. The van der Waals surface area contributed by atoms with Crippen molar-refractivity contribution in [2.24, 2.45) is 0 Å². The van der Waals surface area contributed by atoms with Crippen molar-refractivity contribution < 1.29 is 17.5 Å². The zero-order valence-electron chi connectivity index (χ0n) is 8.37. The molecule has 0 amide bonds. The van der Waals surface area contributed by atoms with Gasteiger partial charge in [0.2, 0.25) is 0 Å². The van der Waals surface area contributed by atoms with Crippen LogP contribution in [0.25, 0.3) is 6.08 Å². The molecule has 0 heterocycles. The van der Waals surface area contributed by atoms with Crippen LogP contribution in [0, 0.1) is 0 Å². The van der Waals surface area contributed by atoms with Gasteiger partial charge in [0.25, 0.3) is 0 Å². The molecule has 0 nitrogen and oxygen atoms in total. The third kappa shape index (κ3) is 3.55. The minimum atomic E-state index is 0.701. The maximum atomic E-state index is 2.26. The second kappa shape index (κ2) is 5.76. The van der Waals surface area contributed by atoms with Gasteiger partial charge in [-0.05, 0) is 0 Å². The van der Waals surface area contributed by atoms with Crippen LogP contribution in [0.3, 0.4) is 0 Å². The van der Waals surface area contributed by atoms with E-state index < -0.39 is 0 Å². The van der Waals surface area contributed by atoms with E-state index in [9.17, 15) is 0 Å². The van der Waals surface area contributed by atoms with Crippen LogP contribution in [0.15, 0.2) is 60.7 Å². The molecule has 0 aromatic heterocycles. The van der Waals surface area contributed by atoms with Gasteiger partial charge in [0.05, 0.1) is 0 Å². The van der Waals surface area contributed by atoms with E-state index in [1.165, 1.54) is 9.55 Å². The molecule has 0 spiro atoms. The van der Waals surface area contributed by atoms with Crippen molar-refractivity contribution in [1.82, 2.24) is 0 Å². The Hall–Kier alpha value is -1.03. The summed E-state index contributed by atoms with van der Waals surface area (Å²) in [6.07, 6.45) is 13.1. The summed E-state index contributed by atoms with van der Waals surface area (Å²) < 4.78 is 1.47. The molecule has 1 aliphatic rings. The third-order valence-electron chi connectivity index (χ3n) is 1.98. The average Bonchev–Trinajstić information content (AvgIpc) is 2.79. The first kappa shape index (κ1) is 10.5. The molecule has 1 aliphatic carbocycles. The van der Waals surface area contributed by atoms with Gasteiger partial charge in [-0.25, -0.2) is 0 Å². The van der Waals surface area contributed by atoms with E-state index in [0.717, 1.165) is 4.89 Å². The van der Waals surface area contributed by atoms with Crippen molar-refractivity contribution in [2.45, 2.75) is 4.89 Å². The fraction of sp³-hybridized carbons (Fsp3) is 0.0714. The number of hydrogen-bond acceptors (Lipinski definition) is 0. The third-order valence-corrected chi connectivity index (χ3v) is 3.82. The summed E-state index contributed by atoms with van der Waals surface area (Å²) in [7, 11) is 0. The van der Waals surface area contributed by atoms with Gasteiger partial charge >= 0.3 is 98.8 Å². The molecule has 0 radical (unpaired) electrons. The van der Waals surface area contributed by atoms with Gasteiger partial charge in [0, 0.05) is 0 Å². The van der Waals surface area contributed by atoms with E-state index in [-0.39, 0.29) is 0 Å². The van der Waals surface area contributed by atoms with Crippen molar-refractivity contribution in [2.75, 3.05) is 0 Å². The van der Waals surface area contributed by atoms with Crippen LogP contribution in [-0.4, -0.2) is 3.98 Å². The van der Waals surface area contributed by atoms with Gasteiger partial charge in [-0.2, -0.15) is 0 Å². The Labute approximate surface area is 98.7 Å². The predicted octanol–water partition coefficient (Wildman–Crippen LogP) is 3.50. The first-order valence-electron chi connectivity index (χ1n) is 4.90. The topological polar surface area (TPSA) is 0 Å². The zero-order chi connectivity index (χ0) is 10.3. The van der Waals surface area contributed by atoms with Gasteiger partial charge in [0.1, 0.15) is 0 Å².